The zero-order valence-electron chi connectivity index (χ0n) is 19.0. The SMILES string of the molecule is CN(C(=O)OC(C)(C)C)[C@H]1CCN(C(=O)N(C)[C@@H]2CCN(Cc3ccccc3)C2)C1. The maximum atomic E-state index is 13.1. The summed E-state index contributed by atoms with van der Waals surface area (Å²) in [7, 11) is 3.67. The second kappa shape index (κ2) is 9.25. The summed E-state index contributed by atoms with van der Waals surface area (Å²) in [5, 5.41) is 0. The molecule has 3 rings (SSSR count). The van der Waals surface area contributed by atoms with Crippen LogP contribution in [0.2, 0.25) is 0 Å². The molecule has 0 radical (unpaired) electrons. The number of hydrogen-bond acceptors (Lipinski definition) is 4. The van der Waals surface area contributed by atoms with E-state index in [1.54, 1.807) is 11.9 Å². The number of carbonyl (C=O) groups excluding carboxylic acids is 2. The van der Waals surface area contributed by atoms with Crippen LogP contribution < -0.4 is 0 Å². The van der Waals surface area contributed by atoms with Crippen molar-refractivity contribution in [1.82, 2.24) is 19.6 Å². The van der Waals surface area contributed by atoms with Gasteiger partial charge in [0.1, 0.15) is 5.60 Å². The lowest BCUT2D eigenvalue weighted by atomic mass is 10.2. The lowest BCUT2D eigenvalue weighted by Gasteiger charge is -2.31. The fourth-order valence-electron chi connectivity index (χ4n) is 4.21. The smallest absolute Gasteiger partial charge is 0.410 e. The highest BCUT2D eigenvalue weighted by atomic mass is 16.6. The first-order chi connectivity index (χ1) is 14.1. The molecule has 0 unspecified atom stereocenters. The lowest BCUT2D eigenvalue weighted by Crippen LogP contribution is -2.48. The molecule has 7 nitrogen and oxygen atoms in total. The molecule has 0 aromatic heterocycles. The maximum Gasteiger partial charge on any atom is 0.410 e. The molecule has 7 heteroatoms. The average Bonchev–Trinajstić information content (AvgIpc) is 3.35. The Labute approximate surface area is 180 Å². The van der Waals surface area contributed by atoms with Gasteiger partial charge in [0, 0.05) is 52.9 Å². The molecule has 2 aliphatic heterocycles. The first kappa shape index (κ1) is 22.4. The Hall–Kier alpha value is -2.28. The third-order valence-corrected chi connectivity index (χ3v) is 6.01. The molecule has 2 fully saturated rings. The quantitative estimate of drug-likeness (QED) is 0.756. The van der Waals surface area contributed by atoms with E-state index in [1.165, 1.54) is 5.56 Å². The van der Waals surface area contributed by atoms with E-state index in [-0.39, 0.29) is 24.2 Å². The van der Waals surface area contributed by atoms with E-state index in [4.69, 9.17) is 4.74 Å². The van der Waals surface area contributed by atoms with Crippen molar-refractivity contribution in [3.8, 4) is 0 Å². The van der Waals surface area contributed by atoms with Gasteiger partial charge in [-0.25, -0.2) is 9.59 Å². The van der Waals surface area contributed by atoms with Gasteiger partial charge in [0.15, 0.2) is 0 Å². The zero-order valence-corrected chi connectivity index (χ0v) is 19.0. The number of nitrogens with zero attached hydrogens (tertiary/aromatic N) is 4. The third-order valence-electron chi connectivity index (χ3n) is 6.01. The minimum atomic E-state index is -0.520. The number of likely N-dealkylation sites (tertiary alicyclic amines) is 2. The molecule has 0 aliphatic carbocycles. The van der Waals surface area contributed by atoms with Crippen LogP contribution in [-0.4, -0.2) is 89.7 Å². The van der Waals surface area contributed by atoms with Gasteiger partial charge in [-0.05, 0) is 39.2 Å². The van der Waals surface area contributed by atoms with Crippen LogP contribution in [0.1, 0.15) is 39.2 Å². The Morgan fingerprint density at radius 2 is 1.63 bits per heavy atom. The number of urea groups is 1. The molecule has 2 saturated heterocycles. The van der Waals surface area contributed by atoms with Gasteiger partial charge in [0.2, 0.25) is 0 Å². The van der Waals surface area contributed by atoms with Crippen LogP contribution in [0.3, 0.4) is 0 Å². The number of likely N-dealkylation sites (N-methyl/N-ethyl adjacent to an activating group) is 2. The molecule has 2 aliphatic rings. The molecular weight excluding hydrogens is 380 g/mol. The number of hydrogen-bond donors (Lipinski definition) is 0. The molecule has 0 bridgehead atoms. The van der Waals surface area contributed by atoms with E-state index < -0.39 is 5.60 Å². The monoisotopic (exact) mass is 416 g/mol. The highest BCUT2D eigenvalue weighted by Crippen LogP contribution is 2.22. The van der Waals surface area contributed by atoms with Gasteiger partial charge >= 0.3 is 12.1 Å². The molecule has 166 valence electrons. The van der Waals surface area contributed by atoms with Crippen LogP contribution in [-0.2, 0) is 11.3 Å². The molecule has 3 amide bonds. The Bertz CT molecular complexity index is 734. The minimum Gasteiger partial charge on any atom is -0.444 e. The average molecular weight is 417 g/mol. The molecule has 1 aromatic carbocycles. The lowest BCUT2D eigenvalue weighted by molar-refractivity contribution is 0.0229. The van der Waals surface area contributed by atoms with Gasteiger partial charge in [-0.3, -0.25) is 4.90 Å². The number of amides is 3. The minimum absolute atomic E-state index is 0.00430. The van der Waals surface area contributed by atoms with Crippen LogP contribution in [0.5, 0.6) is 0 Å². The normalized spacial score (nSPS) is 22.2. The zero-order chi connectivity index (χ0) is 21.9. The van der Waals surface area contributed by atoms with Crippen LogP contribution in [0.25, 0.3) is 0 Å². The van der Waals surface area contributed by atoms with E-state index in [9.17, 15) is 9.59 Å². The Balaban J connectivity index is 1.49. The van der Waals surface area contributed by atoms with E-state index in [2.05, 4.69) is 29.2 Å². The highest BCUT2D eigenvalue weighted by Gasteiger charge is 2.36. The van der Waals surface area contributed by atoms with Crippen molar-refractivity contribution in [2.24, 2.45) is 0 Å². The third kappa shape index (κ3) is 5.65. The van der Waals surface area contributed by atoms with Crippen molar-refractivity contribution < 1.29 is 14.3 Å². The van der Waals surface area contributed by atoms with Crippen LogP contribution >= 0.6 is 0 Å². The van der Waals surface area contributed by atoms with E-state index in [0.29, 0.717) is 13.1 Å². The van der Waals surface area contributed by atoms with Gasteiger partial charge in [-0.1, -0.05) is 30.3 Å². The molecule has 0 saturated carbocycles. The first-order valence-corrected chi connectivity index (χ1v) is 10.9. The molecule has 1 aromatic rings. The second-order valence-corrected chi connectivity index (χ2v) is 9.54. The van der Waals surface area contributed by atoms with Crippen molar-refractivity contribution >= 4 is 12.1 Å². The van der Waals surface area contributed by atoms with Gasteiger partial charge < -0.3 is 19.4 Å². The number of carbonyl (C=O) groups is 2. The maximum absolute atomic E-state index is 13.1. The van der Waals surface area contributed by atoms with Crippen molar-refractivity contribution in [2.75, 3.05) is 40.3 Å². The summed E-state index contributed by atoms with van der Waals surface area (Å²) >= 11 is 0. The largest absolute Gasteiger partial charge is 0.444 e. The fourth-order valence-corrected chi connectivity index (χ4v) is 4.21. The first-order valence-electron chi connectivity index (χ1n) is 10.9. The van der Waals surface area contributed by atoms with E-state index >= 15 is 0 Å². The summed E-state index contributed by atoms with van der Waals surface area (Å²) in [6.45, 7) is 9.63. The predicted molar refractivity (Wildman–Crippen MR) is 117 cm³/mol. The predicted octanol–water partition coefficient (Wildman–Crippen LogP) is 3.25. The van der Waals surface area contributed by atoms with Crippen molar-refractivity contribution in [3.63, 3.8) is 0 Å². The van der Waals surface area contributed by atoms with Gasteiger partial charge in [-0.15, -0.1) is 0 Å². The van der Waals surface area contributed by atoms with Gasteiger partial charge in [0.05, 0.1) is 6.04 Å². The summed E-state index contributed by atoms with van der Waals surface area (Å²) < 4.78 is 5.46. The molecule has 0 spiro atoms. The number of rotatable bonds is 4. The Morgan fingerprint density at radius 1 is 1.00 bits per heavy atom. The van der Waals surface area contributed by atoms with E-state index in [1.807, 2.05) is 43.7 Å². The summed E-state index contributed by atoms with van der Waals surface area (Å²) in [6, 6.07) is 10.7. The topological polar surface area (TPSA) is 56.3 Å². The molecule has 0 N–H and O–H groups in total. The summed E-state index contributed by atoms with van der Waals surface area (Å²) in [6.07, 6.45) is 1.44. The second-order valence-electron chi connectivity index (χ2n) is 9.54. The van der Waals surface area contributed by atoms with Crippen LogP contribution in [0.4, 0.5) is 9.59 Å². The van der Waals surface area contributed by atoms with Crippen molar-refractivity contribution in [1.29, 1.82) is 0 Å². The van der Waals surface area contributed by atoms with Gasteiger partial charge in [-0.2, -0.15) is 0 Å². The Morgan fingerprint density at radius 3 is 2.30 bits per heavy atom. The number of benzene rings is 1. The van der Waals surface area contributed by atoms with E-state index in [0.717, 1.165) is 32.5 Å². The van der Waals surface area contributed by atoms with Crippen LogP contribution in [0, 0.1) is 0 Å². The van der Waals surface area contributed by atoms with Crippen molar-refractivity contribution in [3.05, 3.63) is 35.9 Å². The fraction of sp³-hybridized carbons (Fsp3) is 0.652. The van der Waals surface area contributed by atoms with Crippen molar-refractivity contribution in [2.45, 2.75) is 57.8 Å². The Kier molecular flexibility index (Phi) is 6.91. The molecule has 30 heavy (non-hydrogen) atoms. The van der Waals surface area contributed by atoms with Crippen LogP contribution in [0.15, 0.2) is 30.3 Å². The summed E-state index contributed by atoms with van der Waals surface area (Å²) in [5.41, 5.74) is 0.785. The molecule has 2 heterocycles. The molecule has 2 atom stereocenters. The summed E-state index contributed by atoms with van der Waals surface area (Å²) in [5.74, 6) is 0. The number of ether oxygens (including phenoxy) is 1. The highest BCUT2D eigenvalue weighted by molar-refractivity contribution is 5.75. The molecular formula is C23H36N4O3. The summed E-state index contributed by atoms with van der Waals surface area (Å²) in [4.78, 5) is 33.2. The van der Waals surface area contributed by atoms with Gasteiger partial charge in [0.25, 0.3) is 0 Å². The standard InChI is InChI=1S/C23H36N4O3/c1-23(2,3)30-22(29)25(5)20-12-14-27(17-20)21(28)24(4)19-11-13-26(16-19)15-18-9-7-6-8-10-18/h6-10,19-20H,11-17H2,1-5H3/t19-,20+/m1/s1.